The van der Waals surface area contributed by atoms with Crippen LogP contribution in [0.1, 0.15) is 218 Å². The van der Waals surface area contributed by atoms with Crippen LogP contribution in [0, 0.1) is 5.92 Å². The van der Waals surface area contributed by atoms with Gasteiger partial charge in [-0.2, -0.15) is 0 Å². The molecule has 3 fully saturated rings. The molecule has 19 atom stereocenters. The zero-order valence-electron chi connectivity index (χ0n) is 57.9. The van der Waals surface area contributed by atoms with Crippen LogP contribution in [0.2, 0.25) is 0 Å². The third-order valence-electron chi connectivity index (χ3n) is 16.1. The second-order valence-electron chi connectivity index (χ2n) is 24.4. The molecule has 89 heavy (non-hydrogen) atoms. The van der Waals surface area contributed by atoms with E-state index in [2.05, 4.69) is 76.2 Å². The van der Waals surface area contributed by atoms with Crippen molar-refractivity contribution in [3.8, 4) is 0 Å². The fourth-order valence-corrected chi connectivity index (χ4v) is 10.4. The molecule has 3 heterocycles. The Kier molecular flexibility index (Phi) is 47.0. The van der Waals surface area contributed by atoms with Crippen LogP contribution in [0.5, 0.6) is 0 Å². The molecule has 3 aliphatic heterocycles. The third kappa shape index (κ3) is 31.0. The number of aliphatic hydroxyl groups excluding tert-OH is 2. The van der Waals surface area contributed by atoms with Gasteiger partial charge in [-0.3, -0.25) is 4.79 Å². The first-order valence-corrected chi connectivity index (χ1v) is 35.4. The van der Waals surface area contributed by atoms with Crippen LogP contribution in [0.25, 0.3) is 0 Å². The highest BCUT2D eigenvalue weighted by Gasteiger charge is 2.56. The van der Waals surface area contributed by atoms with Crippen LogP contribution in [0.4, 0.5) is 0 Å². The number of hydrogen-bond donors (Lipinski definition) is 2. The monoisotopic (exact) mass is 1280 g/mol. The van der Waals surface area contributed by atoms with Crippen molar-refractivity contribution in [1.82, 2.24) is 0 Å². The van der Waals surface area contributed by atoms with Crippen LogP contribution in [-0.2, 0) is 90.1 Å². The Balaban J connectivity index is 2.28. The lowest BCUT2D eigenvalue weighted by Gasteiger charge is -2.50. The summed E-state index contributed by atoms with van der Waals surface area (Å²) in [5, 5.41) is 25.4. The maximum absolute atomic E-state index is 13.4. The molecule has 21 heteroatoms. The number of hydrogen-bond acceptors (Lipinski definition) is 21. The zero-order chi connectivity index (χ0) is 65.0. The number of ether oxygens (including phenoxy) is 18. The first-order chi connectivity index (χ1) is 43.3. The number of aliphatic hydroxyl groups is 2. The Morgan fingerprint density at radius 3 is 1.33 bits per heavy atom. The lowest BCUT2D eigenvalue weighted by molar-refractivity contribution is -0.380. The van der Waals surface area contributed by atoms with Crippen molar-refractivity contribution in [2.24, 2.45) is 5.92 Å². The normalized spacial score (nSPS) is 28.9. The van der Waals surface area contributed by atoms with E-state index in [1.807, 2.05) is 6.92 Å². The van der Waals surface area contributed by atoms with Gasteiger partial charge in [0, 0.05) is 78.9 Å². The smallest absolute Gasteiger partial charge is 0.303 e. The molecule has 7 unspecified atom stereocenters. The van der Waals surface area contributed by atoms with Gasteiger partial charge in [0.25, 0.3) is 0 Å². The molecule has 528 valence electrons. The number of esters is 1. The molecular weight excluding hydrogens is 1150 g/mol. The molecule has 3 aliphatic rings. The number of unbranched alkanes of at least 4 members (excludes halogenated alkanes) is 10. The first kappa shape index (κ1) is 81.9. The van der Waals surface area contributed by atoms with E-state index in [4.69, 9.17) is 85.3 Å². The minimum atomic E-state index is -1.53. The molecule has 3 rings (SSSR count). The zero-order valence-corrected chi connectivity index (χ0v) is 57.9. The molecule has 3 saturated heterocycles. The molecular formula is C68H130O21. The Morgan fingerprint density at radius 1 is 0.404 bits per heavy atom. The van der Waals surface area contributed by atoms with Gasteiger partial charge in [0.15, 0.2) is 31.3 Å². The fourth-order valence-electron chi connectivity index (χ4n) is 10.4. The summed E-state index contributed by atoms with van der Waals surface area (Å²) in [5.74, 6) is -0.742. The molecule has 0 aromatic rings. The van der Waals surface area contributed by atoms with E-state index in [0.717, 1.165) is 122 Å². The van der Waals surface area contributed by atoms with Crippen LogP contribution < -0.4 is 0 Å². The van der Waals surface area contributed by atoms with E-state index in [1.165, 1.54) is 6.92 Å². The summed E-state index contributed by atoms with van der Waals surface area (Å²) in [5.41, 5.74) is 0. The van der Waals surface area contributed by atoms with Crippen molar-refractivity contribution in [3.63, 3.8) is 0 Å². The molecule has 0 radical (unpaired) electrons. The van der Waals surface area contributed by atoms with Crippen LogP contribution in [-0.4, -0.2) is 226 Å². The molecule has 0 aromatic carbocycles. The second kappa shape index (κ2) is 51.0. The van der Waals surface area contributed by atoms with Gasteiger partial charge >= 0.3 is 5.97 Å². The molecule has 0 aliphatic carbocycles. The summed E-state index contributed by atoms with van der Waals surface area (Å²) in [6.45, 7) is 31.2. The van der Waals surface area contributed by atoms with Crippen molar-refractivity contribution in [2.45, 2.75) is 329 Å². The standard InChI is InChI=1S/C68H130O21/c1-14-24-34-72-44-49(11)65(81-43-33-23-10)85-52(45-73-35-25-15-2)50(12)83-67-63(80-42-32-22-9)61(89-68-64(84-51(13)69)62(79-41-31-21-8)59(77-39-29-19-6)55(88-68)47-75-37-27-17-4)56(70)53(86-67)48-82-66-57(71)60(78-40-30-20-7)58(76-38-28-18-5)54(87-66)46-74-36-26-16-3/h49-50,52-68,70-71H,14-48H2,1-13H3/t49-,50-,52?,53?,54?,55?,56+,57+,58+,59-,60?,61?,62?,63+,64-,65+,66-,67+,68-/m0/s1. The van der Waals surface area contributed by atoms with Gasteiger partial charge in [0.1, 0.15) is 73.2 Å². The van der Waals surface area contributed by atoms with E-state index >= 15 is 0 Å². The van der Waals surface area contributed by atoms with Crippen molar-refractivity contribution >= 4 is 5.97 Å². The highest BCUT2D eigenvalue weighted by Crippen LogP contribution is 2.37. The van der Waals surface area contributed by atoms with Gasteiger partial charge < -0.3 is 95.5 Å². The maximum atomic E-state index is 13.4. The summed E-state index contributed by atoms with van der Waals surface area (Å²) >= 11 is 0. The average Bonchev–Trinajstić information content (AvgIpc) is 2.49. The number of carbonyl (C=O) groups excluding carboxylic acids is 1. The van der Waals surface area contributed by atoms with Gasteiger partial charge in [-0.1, -0.05) is 140 Å². The van der Waals surface area contributed by atoms with Gasteiger partial charge in [0.2, 0.25) is 0 Å². The molecule has 0 saturated carbocycles. The lowest BCUT2D eigenvalue weighted by atomic mass is 9.95. The van der Waals surface area contributed by atoms with Crippen LogP contribution >= 0.6 is 0 Å². The Bertz CT molecular complexity index is 1660. The lowest BCUT2D eigenvalue weighted by Crippen LogP contribution is -2.67. The molecule has 2 N–H and O–H groups in total. The predicted molar refractivity (Wildman–Crippen MR) is 340 cm³/mol. The predicted octanol–water partition coefficient (Wildman–Crippen LogP) is 11.0. The SMILES string of the molecule is CCCCOCC1O[C@H](OCC2O[C@@H](O[C@@H](C)C(COCCCC)O[C@@H](OCCCC)[C@@H](C)COCCCC)[C@H](OCCCC)C(O[C@@H]3OC(COCCCC)[C@H](OCCCC)C(OCCCC)[C@@H]3OC(C)=O)[C@@H]2O)[C@H](O)C(OCCCC)[C@@H]1OCCCC. The largest absolute Gasteiger partial charge is 0.454 e. The second-order valence-corrected chi connectivity index (χ2v) is 24.4. The van der Waals surface area contributed by atoms with Crippen molar-refractivity contribution < 1.29 is 100 Å². The highest BCUT2D eigenvalue weighted by atomic mass is 16.8. The Labute approximate surface area is 538 Å². The van der Waals surface area contributed by atoms with Gasteiger partial charge in [-0.05, 0) is 71.1 Å². The minimum absolute atomic E-state index is 0.125. The van der Waals surface area contributed by atoms with Gasteiger partial charge in [-0.25, -0.2) is 0 Å². The van der Waals surface area contributed by atoms with Crippen molar-refractivity contribution in [1.29, 1.82) is 0 Å². The molecule has 0 bridgehead atoms. The van der Waals surface area contributed by atoms with Gasteiger partial charge in [-0.15, -0.1) is 0 Å². The van der Waals surface area contributed by atoms with E-state index < -0.39 is 117 Å². The number of carbonyl (C=O) groups is 1. The first-order valence-electron chi connectivity index (χ1n) is 35.4. The molecule has 0 aromatic heterocycles. The Morgan fingerprint density at radius 2 is 0.820 bits per heavy atom. The summed E-state index contributed by atoms with van der Waals surface area (Å²) < 4.78 is 119. The summed E-state index contributed by atoms with van der Waals surface area (Å²) in [4.78, 5) is 13.4. The van der Waals surface area contributed by atoms with Crippen molar-refractivity contribution in [2.75, 3.05) is 99.1 Å². The van der Waals surface area contributed by atoms with Gasteiger partial charge in [0.05, 0.1) is 39.1 Å². The van der Waals surface area contributed by atoms with Crippen LogP contribution in [0.3, 0.4) is 0 Å². The quantitative estimate of drug-likeness (QED) is 0.0328. The summed E-state index contributed by atoms with van der Waals surface area (Å²) in [7, 11) is 0. The van der Waals surface area contributed by atoms with E-state index in [-0.39, 0.29) is 39.0 Å². The van der Waals surface area contributed by atoms with Crippen LogP contribution in [0.15, 0.2) is 0 Å². The third-order valence-corrected chi connectivity index (χ3v) is 16.1. The Hall–Kier alpha value is -1.29. The maximum Gasteiger partial charge on any atom is 0.303 e. The summed E-state index contributed by atoms with van der Waals surface area (Å²) in [6.07, 6.45) is -1.08. The van der Waals surface area contributed by atoms with E-state index in [0.29, 0.717) is 72.5 Å². The van der Waals surface area contributed by atoms with E-state index in [9.17, 15) is 15.0 Å². The topological polar surface area (TPSA) is 224 Å². The molecule has 0 amide bonds. The molecule has 21 nitrogen and oxygen atoms in total. The minimum Gasteiger partial charge on any atom is -0.454 e. The molecule has 0 spiro atoms. The highest BCUT2D eigenvalue weighted by molar-refractivity contribution is 5.66. The van der Waals surface area contributed by atoms with E-state index in [1.54, 1.807) is 0 Å². The average molecular weight is 1280 g/mol. The number of rotatable bonds is 56. The fraction of sp³-hybridized carbons (Fsp3) is 0.985. The summed E-state index contributed by atoms with van der Waals surface area (Å²) in [6, 6.07) is 0. The van der Waals surface area contributed by atoms with Crippen molar-refractivity contribution in [3.05, 3.63) is 0 Å².